The van der Waals surface area contributed by atoms with Gasteiger partial charge in [-0.3, -0.25) is 0 Å². The minimum Gasteiger partial charge on any atom is -0.322 e. The number of unbranched alkanes of at least 4 members (excludes halogenated alkanes) is 3. The quantitative estimate of drug-likeness (QED) is 0.447. The van der Waals surface area contributed by atoms with Crippen LogP contribution in [0.25, 0.3) is 0 Å². The normalized spacial score (nSPS) is 13.9. The molecule has 17 heavy (non-hydrogen) atoms. The van der Waals surface area contributed by atoms with Crippen molar-refractivity contribution in [3.8, 4) is 0 Å². The summed E-state index contributed by atoms with van der Waals surface area (Å²) < 4.78 is 1.38. The van der Waals surface area contributed by atoms with E-state index >= 15 is 0 Å². The Balaban J connectivity index is 4.50. The zero-order chi connectivity index (χ0) is 13.1. The first-order valence-electron chi connectivity index (χ1n) is 8.02. The number of hydrogen-bond donors (Lipinski definition) is 0. The zero-order valence-electron chi connectivity index (χ0n) is 13.1. The molecule has 0 aromatic rings. The van der Waals surface area contributed by atoms with E-state index in [1.165, 1.54) is 69.1 Å². The van der Waals surface area contributed by atoms with Crippen LogP contribution in [0.5, 0.6) is 0 Å². The third kappa shape index (κ3) is 5.90. The van der Waals surface area contributed by atoms with E-state index in [0.717, 1.165) is 6.04 Å². The van der Waals surface area contributed by atoms with Gasteiger partial charge in [-0.25, -0.2) is 0 Å². The van der Waals surface area contributed by atoms with Gasteiger partial charge in [0.1, 0.15) is 0 Å². The van der Waals surface area contributed by atoms with Gasteiger partial charge in [0.05, 0.1) is 25.7 Å². The second-order valence-electron chi connectivity index (χ2n) is 5.68. The summed E-state index contributed by atoms with van der Waals surface area (Å²) in [5.41, 5.74) is 0. The van der Waals surface area contributed by atoms with Crippen molar-refractivity contribution in [2.24, 2.45) is 0 Å². The molecule has 0 saturated carbocycles. The third-order valence-corrected chi connectivity index (χ3v) is 4.45. The maximum absolute atomic E-state index is 2.49. The first kappa shape index (κ1) is 17.0. The highest BCUT2D eigenvalue weighted by Crippen LogP contribution is 2.21. The topological polar surface area (TPSA) is 0 Å². The molecule has 0 aromatic carbocycles. The molecule has 1 heteroatoms. The minimum atomic E-state index is 0.859. The molecular weight excluding hydrogens is 206 g/mol. The maximum Gasteiger partial charge on any atom is 0.0861 e. The van der Waals surface area contributed by atoms with E-state index in [4.69, 9.17) is 0 Å². The monoisotopic (exact) mass is 242 g/mol. The highest BCUT2D eigenvalue weighted by Gasteiger charge is 2.30. The summed E-state index contributed by atoms with van der Waals surface area (Å²) in [5, 5.41) is 0. The summed E-state index contributed by atoms with van der Waals surface area (Å²) in [6.45, 7) is 16.0. The van der Waals surface area contributed by atoms with Gasteiger partial charge < -0.3 is 4.48 Å². The number of quaternary nitrogens is 1. The average molecular weight is 242 g/mol. The van der Waals surface area contributed by atoms with Crippen molar-refractivity contribution in [3.05, 3.63) is 0 Å². The first-order chi connectivity index (χ1) is 8.16. The number of nitrogens with zero attached hydrogens (tertiary/aromatic N) is 1. The van der Waals surface area contributed by atoms with Crippen molar-refractivity contribution in [2.75, 3.05) is 19.6 Å². The predicted molar refractivity (Wildman–Crippen MR) is 79.3 cm³/mol. The van der Waals surface area contributed by atoms with Crippen LogP contribution in [-0.4, -0.2) is 30.2 Å². The Hall–Kier alpha value is -0.0400. The standard InChI is InChI=1S/C16H36N/c1-6-10-13-16(5)17(9-4,14-11-7-2)15-12-8-3/h16H,6-15H2,1-5H3/q+1. The third-order valence-electron chi connectivity index (χ3n) is 4.45. The van der Waals surface area contributed by atoms with E-state index in [1.54, 1.807) is 0 Å². The van der Waals surface area contributed by atoms with Gasteiger partial charge in [-0.05, 0) is 39.5 Å². The van der Waals surface area contributed by atoms with E-state index in [9.17, 15) is 0 Å². The predicted octanol–water partition coefficient (Wildman–Crippen LogP) is 5.00. The molecule has 0 rings (SSSR count). The smallest absolute Gasteiger partial charge is 0.0861 e. The summed E-state index contributed by atoms with van der Waals surface area (Å²) in [5.74, 6) is 0. The van der Waals surface area contributed by atoms with E-state index in [0.29, 0.717) is 0 Å². The van der Waals surface area contributed by atoms with Gasteiger partial charge in [-0.2, -0.15) is 0 Å². The summed E-state index contributed by atoms with van der Waals surface area (Å²) >= 11 is 0. The largest absolute Gasteiger partial charge is 0.322 e. The number of hydrogen-bond acceptors (Lipinski definition) is 0. The molecule has 0 aliphatic heterocycles. The maximum atomic E-state index is 2.49. The molecule has 0 bridgehead atoms. The Kier molecular flexibility index (Phi) is 9.91. The molecule has 0 spiro atoms. The van der Waals surface area contributed by atoms with Crippen LogP contribution in [0, 0.1) is 0 Å². The summed E-state index contributed by atoms with van der Waals surface area (Å²) in [4.78, 5) is 0. The van der Waals surface area contributed by atoms with Crippen molar-refractivity contribution in [1.29, 1.82) is 0 Å². The van der Waals surface area contributed by atoms with Gasteiger partial charge in [-0.1, -0.05) is 40.0 Å². The van der Waals surface area contributed by atoms with Crippen LogP contribution in [0.2, 0.25) is 0 Å². The van der Waals surface area contributed by atoms with Gasteiger partial charge in [0.2, 0.25) is 0 Å². The fourth-order valence-electron chi connectivity index (χ4n) is 2.90. The van der Waals surface area contributed by atoms with Crippen molar-refractivity contribution in [1.82, 2.24) is 0 Å². The molecule has 0 saturated heterocycles. The van der Waals surface area contributed by atoms with Crippen molar-refractivity contribution < 1.29 is 4.48 Å². The van der Waals surface area contributed by atoms with Crippen molar-refractivity contribution >= 4 is 0 Å². The molecule has 0 aromatic heterocycles. The average Bonchev–Trinajstić information content (AvgIpc) is 2.37. The van der Waals surface area contributed by atoms with Gasteiger partial charge in [0, 0.05) is 0 Å². The molecule has 1 unspecified atom stereocenters. The van der Waals surface area contributed by atoms with Crippen LogP contribution in [0.1, 0.15) is 79.6 Å². The van der Waals surface area contributed by atoms with E-state index in [1.807, 2.05) is 0 Å². The van der Waals surface area contributed by atoms with Crippen LogP contribution in [0.4, 0.5) is 0 Å². The van der Waals surface area contributed by atoms with Gasteiger partial charge in [-0.15, -0.1) is 0 Å². The molecule has 104 valence electrons. The van der Waals surface area contributed by atoms with E-state index in [2.05, 4.69) is 34.6 Å². The van der Waals surface area contributed by atoms with E-state index < -0.39 is 0 Å². The zero-order valence-corrected chi connectivity index (χ0v) is 13.1. The van der Waals surface area contributed by atoms with Crippen LogP contribution < -0.4 is 0 Å². The summed E-state index contributed by atoms with van der Waals surface area (Å²) in [6, 6.07) is 0.859. The lowest BCUT2D eigenvalue weighted by molar-refractivity contribution is -0.948. The molecule has 0 N–H and O–H groups in total. The van der Waals surface area contributed by atoms with Gasteiger partial charge in [0.15, 0.2) is 0 Å². The van der Waals surface area contributed by atoms with Crippen molar-refractivity contribution in [2.45, 2.75) is 85.6 Å². The molecule has 0 radical (unpaired) electrons. The molecule has 0 aliphatic carbocycles. The van der Waals surface area contributed by atoms with Crippen molar-refractivity contribution in [3.63, 3.8) is 0 Å². The molecule has 1 nitrogen and oxygen atoms in total. The van der Waals surface area contributed by atoms with Crippen LogP contribution in [-0.2, 0) is 0 Å². The van der Waals surface area contributed by atoms with Crippen LogP contribution in [0.3, 0.4) is 0 Å². The number of rotatable bonds is 11. The molecule has 0 fully saturated rings. The Morgan fingerprint density at radius 1 is 0.765 bits per heavy atom. The highest BCUT2D eigenvalue weighted by atomic mass is 15.4. The molecular formula is C16H36N+. The molecule has 0 amide bonds. The second-order valence-corrected chi connectivity index (χ2v) is 5.68. The van der Waals surface area contributed by atoms with Crippen LogP contribution >= 0.6 is 0 Å². The molecule has 0 heterocycles. The Labute approximate surface area is 110 Å². The molecule has 0 aliphatic rings. The SMILES string of the molecule is CCCCC(C)[N+](CC)(CCCC)CCCC. The first-order valence-corrected chi connectivity index (χ1v) is 8.02. The fourth-order valence-corrected chi connectivity index (χ4v) is 2.90. The molecule has 1 atom stereocenters. The summed E-state index contributed by atoms with van der Waals surface area (Å²) in [7, 11) is 0. The fraction of sp³-hybridized carbons (Fsp3) is 1.00. The minimum absolute atomic E-state index is 0.859. The lowest BCUT2D eigenvalue weighted by atomic mass is 10.0. The van der Waals surface area contributed by atoms with E-state index in [-0.39, 0.29) is 0 Å². The lowest BCUT2D eigenvalue weighted by Gasteiger charge is -2.43. The van der Waals surface area contributed by atoms with Crippen LogP contribution in [0.15, 0.2) is 0 Å². The van der Waals surface area contributed by atoms with Gasteiger partial charge >= 0.3 is 0 Å². The Bertz CT molecular complexity index is 157. The Morgan fingerprint density at radius 2 is 1.24 bits per heavy atom. The van der Waals surface area contributed by atoms with Gasteiger partial charge in [0.25, 0.3) is 0 Å². The second kappa shape index (κ2) is 9.94. The highest BCUT2D eigenvalue weighted by molar-refractivity contribution is 4.56. The lowest BCUT2D eigenvalue weighted by Crippen LogP contribution is -2.55. The summed E-state index contributed by atoms with van der Waals surface area (Å²) in [6.07, 6.45) is 9.63. The Morgan fingerprint density at radius 3 is 1.59 bits per heavy atom.